The molecule has 1 aromatic heterocycles. The van der Waals surface area contributed by atoms with Gasteiger partial charge in [0, 0.05) is 32.1 Å². The number of carbonyl (C=O) groups is 1. The Labute approximate surface area is 108 Å². The van der Waals surface area contributed by atoms with Gasteiger partial charge in [0.2, 0.25) is 5.91 Å². The molecule has 0 radical (unpaired) electrons. The predicted octanol–water partition coefficient (Wildman–Crippen LogP) is 1.47. The molecule has 2 heterocycles. The van der Waals surface area contributed by atoms with Crippen LogP contribution in [0.25, 0.3) is 0 Å². The molecule has 1 aromatic rings. The van der Waals surface area contributed by atoms with Gasteiger partial charge >= 0.3 is 0 Å². The van der Waals surface area contributed by atoms with Gasteiger partial charge in [-0.25, -0.2) is 4.98 Å². The zero-order valence-corrected chi connectivity index (χ0v) is 11.1. The van der Waals surface area contributed by atoms with E-state index >= 15 is 0 Å². The molecule has 18 heavy (non-hydrogen) atoms. The van der Waals surface area contributed by atoms with Crippen LogP contribution in [0, 0.1) is 0 Å². The van der Waals surface area contributed by atoms with Gasteiger partial charge in [0.05, 0.1) is 12.4 Å². The van der Waals surface area contributed by atoms with E-state index in [4.69, 9.17) is 4.74 Å². The quantitative estimate of drug-likeness (QED) is 0.814. The van der Waals surface area contributed by atoms with Crippen molar-refractivity contribution in [1.82, 2.24) is 14.5 Å². The number of imidazole rings is 1. The molecule has 0 spiro atoms. The highest BCUT2D eigenvalue weighted by molar-refractivity contribution is 5.80. The van der Waals surface area contributed by atoms with Gasteiger partial charge in [0.25, 0.3) is 0 Å². The van der Waals surface area contributed by atoms with E-state index in [2.05, 4.69) is 4.98 Å². The maximum absolute atomic E-state index is 12.3. The Kier molecular flexibility index (Phi) is 4.36. The van der Waals surface area contributed by atoms with Crippen molar-refractivity contribution in [3.05, 3.63) is 18.7 Å². The number of aromatic nitrogens is 2. The maximum Gasteiger partial charge on any atom is 0.245 e. The van der Waals surface area contributed by atoms with Crippen molar-refractivity contribution in [3.8, 4) is 0 Å². The molecule has 0 saturated carbocycles. The minimum absolute atomic E-state index is 0.169. The minimum Gasteiger partial charge on any atom is -0.378 e. The number of carbonyl (C=O) groups excluding carboxylic acids is 1. The number of likely N-dealkylation sites (tertiary alicyclic amines) is 1. The summed E-state index contributed by atoms with van der Waals surface area (Å²) >= 11 is 0. The molecule has 0 bridgehead atoms. The molecular weight excluding hydrogens is 230 g/mol. The van der Waals surface area contributed by atoms with Crippen LogP contribution in [0.3, 0.4) is 0 Å². The fraction of sp³-hybridized carbons (Fsp3) is 0.692. The second-order valence-corrected chi connectivity index (χ2v) is 4.67. The average Bonchev–Trinajstić information content (AvgIpc) is 2.92. The third-order valence-corrected chi connectivity index (χ3v) is 3.49. The molecule has 5 nitrogen and oxygen atoms in total. The Morgan fingerprint density at radius 2 is 2.22 bits per heavy atom. The maximum atomic E-state index is 12.3. The third kappa shape index (κ3) is 2.90. The molecule has 0 N–H and O–H groups in total. The number of amides is 1. The van der Waals surface area contributed by atoms with Crippen molar-refractivity contribution in [2.24, 2.45) is 0 Å². The lowest BCUT2D eigenvalue weighted by atomic mass is 10.1. The standard InChI is InChI=1S/C13H21N3O2/c1-3-18-12-4-7-15(8-5-12)13(17)11(2)16-9-6-14-10-16/h6,9-12H,3-5,7-8H2,1-2H3. The summed E-state index contributed by atoms with van der Waals surface area (Å²) in [6.07, 6.45) is 7.42. The summed E-state index contributed by atoms with van der Waals surface area (Å²) < 4.78 is 7.43. The minimum atomic E-state index is -0.170. The summed E-state index contributed by atoms with van der Waals surface area (Å²) in [6, 6.07) is -0.170. The number of piperidine rings is 1. The Balaban J connectivity index is 1.87. The van der Waals surface area contributed by atoms with E-state index in [0.29, 0.717) is 6.10 Å². The van der Waals surface area contributed by atoms with E-state index in [-0.39, 0.29) is 11.9 Å². The van der Waals surface area contributed by atoms with E-state index in [1.165, 1.54) is 0 Å². The van der Waals surface area contributed by atoms with E-state index < -0.39 is 0 Å². The van der Waals surface area contributed by atoms with Gasteiger partial charge < -0.3 is 14.2 Å². The Hall–Kier alpha value is -1.36. The number of hydrogen-bond donors (Lipinski definition) is 0. The second kappa shape index (κ2) is 6.00. The van der Waals surface area contributed by atoms with Crippen molar-refractivity contribution < 1.29 is 9.53 Å². The molecule has 1 fully saturated rings. The molecule has 2 rings (SSSR count). The van der Waals surface area contributed by atoms with Crippen LogP contribution in [0.4, 0.5) is 0 Å². The molecule has 1 atom stereocenters. The normalized spacial score (nSPS) is 18.9. The summed E-state index contributed by atoms with van der Waals surface area (Å²) in [5.41, 5.74) is 0. The number of hydrogen-bond acceptors (Lipinski definition) is 3. The van der Waals surface area contributed by atoms with E-state index in [0.717, 1.165) is 32.5 Å². The monoisotopic (exact) mass is 251 g/mol. The van der Waals surface area contributed by atoms with Crippen LogP contribution in [0.1, 0.15) is 32.7 Å². The average molecular weight is 251 g/mol. The number of nitrogens with zero attached hydrogens (tertiary/aromatic N) is 3. The SMILES string of the molecule is CCOC1CCN(C(=O)C(C)n2ccnc2)CC1. The zero-order chi connectivity index (χ0) is 13.0. The molecule has 1 amide bonds. The van der Waals surface area contributed by atoms with Gasteiger partial charge in [0.1, 0.15) is 6.04 Å². The molecule has 1 aliphatic rings. The lowest BCUT2D eigenvalue weighted by molar-refractivity contribution is -0.136. The highest BCUT2D eigenvalue weighted by atomic mass is 16.5. The second-order valence-electron chi connectivity index (χ2n) is 4.67. The van der Waals surface area contributed by atoms with Crippen LogP contribution in [-0.4, -0.2) is 46.2 Å². The van der Waals surface area contributed by atoms with Gasteiger partial charge in [-0.15, -0.1) is 0 Å². The first-order valence-electron chi connectivity index (χ1n) is 6.60. The Morgan fingerprint density at radius 1 is 1.50 bits per heavy atom. The van der Waals surface area contributed by atoms with Crippen molar-refractivity contribution in [1.29, 1.82) is 0 Å². The van der Waals surface area contributed by atoms with E-state index in [1.54, 1.807) is 12.5 Å². The van der Waals surface area contributed by atoms with Crippen molar-refractivity contribution >= 4 is 5.91 Å². The molecule has 1 unspecified atom stereocenters. The first kappa shape index (κ1) is 13.1. The van der Waals surface area contributed by atoms with Crippen LogP contribution in [0.15, 0.2) is 18.7 Å². The van der Waals surface area contributed by atoms with Gasteiger partial charge in [-0.2, -0.15) is 0 Å². The highest BCUT2D eigenvalue weighted by Gasteiger charge is 2.26. The fourth-order valence-electron chi connectivity index (χ4n) is 2.37. The van der Waals surface area contributed by atoms with Gasteiger partial charge in [-0.1, -0.05) is 0 Å². The van der Waals surface area contributed by atoms with Crippen molar-refractivity contribution in [2.75, 3.05) is 19.7 Å². The topological polar surface area (TPSA) is 47.4 Å². The predicted molar refractivity (Wildman–Crippen MR) is 68.2 cm³/mol. The number of rotatable bonds is 4. The molecule has 100 valence electrons. The third-order valence-electron chi connectivity index (χ3n) is 3.49. The summed E-state index contributed by atoms with van der Waals surface area (Å²) in [7, 11) is 0. The van der Waals surface area contributed by atoms with Crippen LogP contribution in [-0.2, 0) is 9.53 Å². The smallest absolute Gasteiger partial charge is 0.245 e. The molecule has 1 saturated heterocycles. The van der Waals surface area contributed by atoms with Crippen LogP contribution in [0.2, 0.25) is 0 Å². The summed E-state index contributed by atoms with van der Waals surface area (Å²) in [6.45, 7) is 6.27. The molecular formula is C13H21N3O2. The van der Waals surface area contributed by atoms with Gasteiger partial charge in [-0.3, -0.25) is 4.79 Å². The zero-order valence-electron chi connectivity index (χ0n) is 11.1. The fourth-order valence-corrected chi connectivity index (χ4v) is 2.37. The summed E-state index contributed by atoms with van der Waals surface area (Å²) in [5.74, 6) is 0.169. The first-order chi connectivity index (χ1) is 8.72. The van der Waals surface area contributed by atoms with E-state index in [1.807, 2.05) is 29.5 Å². The first-order valence-corrected chi connectivity index (χ1v) is 6.60. The summed E-state index contributed by atoms with van der Waals surface area (Å²) in [5, 5.41) is 0. The van der Waals surface area contributed by atoms with Gasteiger partial charge in [-0.05, 0) is 26.7 Å². The lowest BCUT2D eigenvalue weighted by Crippen LogP contribution is -2.43. The molecule has 0 aliphatic carbocycles. The van der Waals surface area contributed by atoms with Crippen LogP contribution >= 0.6 is 0 Å². The Bertz CT molecular complexity index is 370. The number of ether oxygens (including phenoxy) is 1. The van der Waals surface area contributed by atoms with Crippen molar-refractivity contribution in [2.45, 2.75) is 38.8 Å². The van der Waals surface area contributed by atoms with Crippen LogP contribution < -0.4 is 0 Å². The van der Waals surface area contributed by atoms with Crippen molar-refractivity contribution in [3.63, 3.8) is 0 Å². The highest BCUT2D eigenvalue weighted by Crippen LogP contribution is 2.17. The van der Waals surface area contributed by atoms with Gasteiger partial charge in [0.15, 0.2) is 0 Å². The van der Waals surface area contributed by atoms with E-state index in [9.17, 15) is 4.79 Å². The lowest BCUT2D eigenvalue weighted by Gasteiger charge is -2.33. The Morgan fingerprint density at radius 3 is 2.78 bits per heavy atom. The summed E-state index contributed by atoms with van der Waals surface area (Å²) in [4.78, 5) is 18.2. The molecule has 5 heteroatoms. The molecule has 0 aromatic carbocycles. The molecule has 1 aliphatic heterocycles. The van der Waals surface area contributed by atoms with Crippen LogP contribution in [0.5, 0.6) is 0 Å². The largest absolute Gasteiger partial charge is 0.378 e.